The summed E-state index contributed by atoms with van der Waals surface area (Å²) in [5.74, 6) is -1.11. The monoisotopic (exact) mass is 334 g/mol. The third-order valence-electron chi connectivity index (χ3n) is 2.55. The summed E-state index contributed by atoms with van der Waals surface area (Å²) >= 11 is 24.0. The summed E-state index contributed by atoms with van der Waals surface area (Å²) in [5.41, 5.74) is 1.02. The molecule has 0 amide bonds. The highest BCUT2D eigenvalue weighted by atomic mass is 35.5. The molecule has 0 spiro atoms. The van der Waals surface area contributed by atoms with Crippen molar-refractivity contribution in [3.63, 3.8) is 0 Å². The van der Waals surface area contributed by atoms with Crippen molar-refractivity contribution < 1.29 is 9.90 Å². The first kappa shape index (κ1) is 14.5. The maximum absolute atomic E-state index is 11.0. The zero-order valence-electron chi connectivity index (χ0n) is 9.25. The summed E-state index contributed by atoms with van der Waals surface area (Å²) in [4.78, 5) is 11.0. The van der Waals surface area contributed by atoms with E-state index in [2.05, 4.69) is 0 Å². The molecule has 0 fully saturated rings. The van der Waals surface area contributed by atoms with Gasteiger partial charge in [0.05, 0.1) is 25.7 Å². The lowest BCUT2D eigenvalue weighted by atomic mass is 10.0. The first-order chi connectivity index (χ1) is 8.93. The molecule has 0 radical (unpaired) electrons. The highest BCUT2D eigenvalue weighted by molar-refractivity contribution is 6.49. The van der Waals surface area contributed by atoms with Crippen molar-refractivity contribution in [2.75, 3.05) is 0 Å². The Balaban J connectivity index is 2.70. The molecular weight excluding hydrogens is 330 g/mol. The van der Waals surface area contributed by atoms with Crippen LogP contribution in [0.4, 0.5) is 0 Å². The van der Waals surface area contributed by atoms with Crippen molar-refractivity contribution in [3.8, 4) is 11.1 Å². The molecule has 2 nitrogen and oxygen atoms in total. The van der Waals surface area contributed by atoms with Crippen molar-refractivity contribution in [2.45, 2.75) is 0 Å². The van der Waals surface area contributed by atoms with E-state index in [9.17, 15) is 4.79 Å². The number of carboxylic acid groups (broad SMARTS) is 1. The van der Waals surface area contributed by atoms with Gasteiger partial charge in [-0.1, -0.05) is 64.6 Å². The number of hydrogen-bond acceptors (Lipinski definition) is 1. The summed E-state index contributed by atoms with van der Waals surface area (Å²) in [7, 11) is 0. The number of carboxylic acids is 1. The van der Waals surface area contributed by atoms with E-state index in [-0.39, 0.29) is 20.6 Å². The Labute approximate surface area is 129 Å². The smallest absolute Gasteiger partial charge is 0.337 e. The second-order valence-electron chi connectivity index (χ2n) is 3.70. The zero-order chi connectivity index (χ0) is 14.2. The molecule has 1 N–H and O–H groups in total. The maximum Gasteiger partial charge on any atom is 0.337 e. The van der Waals surface area contributed by atoms with Crippen LogP contribution < -0.4 is 0 Å². The van der Waals surface area contributed by atoms with Crippen molar-refractivity contribution in [1.82, 2.24) is 0 Å². The third-order valence-corrected chi connectivity index (χ3v) is 4.26. The SMILES string of the molecule is O=C(O)c1cccc(-c2ccc(Cl)c(Cl)c2Cl)c1Cl. The highest BCUT2D eigenvalue weighted by Gasteiger charge is 2.17. The molecule has 98 valence electrons. The Kier molecular flexibility index (Phi) is 4.26. The van der Waals surface area contributed by atoms with E-state index < -0.39 is 5.97 Å². The van der Waals surface area contributed by atoms with Gasteiger partial charge in [0, 0.05) is 11.1 Å². The number of rotatable bonds is 2. The van der Waals surface area contributed by atoms with Gasteiger partial charge in [-0.25, -0.2) is 4.79 Å². The fourth-order valence-corrected chi connectivity index (χ4v) is 2.58. The molecular formula is C13H6Cl4O2. The molecule has 2 aromatic carbocycles. The fraction of sp³-hybridized carbons (Fsp3) is 0. The number of aromatic carboxylic acids is 1. The molecule has 2 rings (SSSR count). The van der Waals surface area contributed by atoms with E-state index >= 15 is 0 Å². The van der Waals surface area contributed by atoms with Gasteiger partial charge < -0.3 is 5.11 Å². The minimum Gasteiger partial charge on any atom is -0.478 e. The topological polar surface area (TPSA) is 37.3 Å². The molecule has 0 heterocycles. The van der Waals surface area contributed by atoms with E-state index in [1.807, 2.05) is 0 Å². The molecule has 0 aliphatic heterocycles. The fourth-order valence-electron chi connectivity index (χ4n) is 1.64. The Morgan fingerprint density at radius 2 is 1.47 bits per heavy atom. The average molecular weight is 336 g/mol. The minimum atomic E-state index is -1.11. The second kappa shape index (κ2) is 5.59. The number of halogens is 4. The van der Waals surface area contributed by atoms with Gasteiger partial charge in [0.25, 0.3) is 0 Å². The second-order valence-corrected chi connectivity index (χ2v) is 5.24. The summed E-state index contributed by atoms with van der Waals surface area (Å²) in [6.07, 6.45) is 0. The number of carbonyl (C=O) groups is 1. The number of benzene rings is 2. The summed E-state index contributed by atoms with van der Waals surface area (Å²) < 4.78 is 0. The van der Waals surface area contributed by atoms with E-state index in [0.29, 0.717) is 16.1 Å². The van der Waals surface area contributed by atoms with Crippen LogP contribution in [0, 0.1) is 0 Å². The Hall–Kier alpha value is -0.930. The predicted molar refractivity (Wildman–Crippen MR) is 78.9 cm³/mol. The molecule has 0 aliphatic carbocycles. The lowest BCUT2D eigenvalue weighted by molar-refractivity contribution is 0.0697. The van der Waals surface area contributed by atoms with E-state index in [1.165, 1.54) is 6.07 Å². The Morgan fingerprint density at radius 3 is 2.11 bits per heavy atom. The van der Waals surface area contributed by atoms with Gasteiger partial charge in [-0.15, -0.1) is 0 Å². The number of hydrogen-bond donors (Lipinski definition) is 1. The van der Waals surface area contributed by atoms with Crippen LogP contribution in [0.5, 0.6) is 0 Å². The molecule has 0 saturated carbocycles. The van der Waals surface area contributed by atoms with E-state index in [0.717, 1.165) is 0 Å². The van der Waals surface area contributed by atoms with Gasteiger partial charge in [-0.05, 0) is 12.1 Å². The van der Waals surface area contributed by atoms with Gasteiger partial charge in [0.2, 0.25) is 0 Å². The van der Waals surface area contributed by atoms with Crippen LogP contribution in [0.2, 0.25) is 20.1 Å². The van der Waals surface area contributed by atoms with Gasteiger partial charge in [0.1, 0.15) is 0 Å². The van der Waals surface area contributed by atoms with Crippen molar-refractivity contribution >= 4 is 52.4 Å². The molecule has 0 atom stereocenters. The maximum atomic E-state index is 11.0. The molecule has 0 unspecified atom stereocenters. The first-order valence-electron chi connectivity index (χ1n) is 5.09. The van der Waals surface area contributed by atoms with Crippen LogP contribution in [0.1, 0.15) is 10.4 Å². The zero-order valence-corrected chi connectivity index (χ0v) is 12.3. The Bertz CT molecular complexity index is 668. The van der Waals surface area contributed by atoms with Crippen LogP contribution in [-0.4, -0.2) is 11.1 Å². The van der Waals surface area contributed by atoms with Crippen molar-refractivity contribution in [2.24, 2.45) is 0 Å². The largest absolute Gasteiger partial charge is 0.478 e. The third kappa shape index (κ3) is 2.67. The van der Waals surface area contributed by atoms with Crippen LogP contribution >= 0.6 is 46.4 Å². The molecule has 19 heavy (non-hydrogen) atoms. The lowest BCUT2D eigenvalue weighted by Crippen LogP contribution is -1.98. The van der Waals surface area contributed by atoms with Crippen LogP contribution in [-0.2, 0) is 0 Å². The lowest BCUT2D eigenvalue weighted by Gasteiger charge is -2.10. The minimum absolute atomic E-state index is 0.00121. The average Bonchev–Trinajstić information content (AvgIpc) is 2.37. The summed E-state index contributed by atoms with van der Waals surface area (Å²) in [6, 6.07) is 7.89. The molecule has 0 aromatic heterocycles. The first-order valence-corrected chi connectivity index (χ1v) is 6.60. The normalized spacial score (nSPS) is 10.5. The quantitative estimate of drug-likeness (QED) is 0.718. The van der Waals surface area contributed by atoms with Crippen LogP contribution in [0.15, 0.2) is 30.3 Å². The molecule has 2 aromatic rings. The van der Waals surface area contributed by atoms with Gasteiger partial charge in [-0.2, -0.15) is 0 Å². The van der Waals surface area contributed by atoms with Gasteiger partial charge in [-0.3, -0.25) is 0 Å². The van der Waals surface area contributed by atoms with E-state index in [4.69, 9.17) is 51.5 Å². The summed E-state index contributed by atoms with van der Waals surface area (Å²) in [6.45, 7) is 0. The van der Waals surface area contributed by atoms with Gasteiger partial charge in [0.15, 0.2) is 0 Å². The summed E-state index contributed by atoms with van der Waals surface area (Å²) in [5, 5.41) is 9.91. The molecule has 6 heteroatoms. The Morgan fingerprint density at radius 1 is 0.842 bits per heavy atom. The van der Waals surface area contributed by atoms with Crippen molar-refractivity contribution in [1.29, 1.82) is 0 Å². The molecule has 0 saturated heterocycles. The van der Waals surface area contributed by atoms with Crippen molar-refractivity contribution in [3.05, 3.63) is 56.0 Å². The van der Waals surface area contributed by atoms with E-state index in [1.54, 1.807) is 24.3 Å². The standard InChI is InChI=1S/C13H6Cl4O2/c14-9-5-4-7(11(16)12(9)17)6-2-1-3-8(10(6)15)13(18)19/h1-5H,(H,18,19). The highest BCUT2D eigenvalue weighted by Crippen LogP contribution is 2.41. The molecule has 0 aliphatic rings. The van der Waals surface area contributed by atoms with Gasteiger partial charge >= 0.3 is 5.97 Å². The van der Waals surface area contributed by atoms with Crippen LogP contribution in [0.25, 0.3) is 11.1 Å². The predicted octanol–water partition coefficient (Wildman–Crippen LogP) is 5.67. The van der Waals surface area contributed by atoms with Crippen LogP contribution in [0.3, 0.4) is 0 Å². The molecule has 0 bridgehead atoms.